The van der Waals surface area contributed by atoms with Crippen molar-refractivity contribution in [3.63, 3.8) is 0 Å². The van der Waals surface area contributed by atoms with Gasteiger partial charge in [0.25, 0.3) is 0 Å². The highest BCUT2D eigenvalue weighted by Crippen LogP contribution is 2.15. The SMILES string of the molecule is C=CCCNS(=O)(=O)c1cn(CC)nc1N. The van der Waals surface area contributed by atoms with Gasteiger partial charge in [-0.3, -0.25) is 4.68 Å². The van der Waals surface area contributed by atoms with Gasteiger partial charge in [0.1, 0.15) is 4.90 Å². The van der Waals surface area contributed by atoms with E-state index in [1.165, 1.54) is 10.9 Å². The van der Waals surface area contributed by atoms with Crippen LogP contribution in [0.3, 0.4) is 0 Å². The Balaban J connectivity index is 2.89. The van der Waals surface area contributed by atoms with Gasteiger partial charge in [-0.25, -0.2) is 13.1 Å². The number of hydrogen-bond acceptors (Lipinski definition) is 4. The Morgan fingerprint density at radius 2 is 2.38 bits per heavy atom. The van der Waals surface area contributed by atoms with Gasteiger partial charge in [-0.15, -0.1) is 6.58 Å². The molecule has 0 aromatic carbocycles. The van der Waals surface area contributed by atoms with Crippen molar-refractivity contribution in [3.05, 3.63) is 18.9 Å². The van der Waals surface area contributed by atoms with Gasteiger partial charge in [-0.1, -0.05) is 6.08 Å². The van der Waals surface area contributed by atoms with Crippen LogP contribution in [0.1, 0.15) is 13.3 Å². The Morgan fingerprint density at radius 3 is 2.88 bits per heavy atom. The molecule has 0 aliphatic rings. The molecule has 0 fully saturated rings. The molecular weight excluding hydrogens is 228 g/mol. The lowest BCUT2D eigenvalue weighted by Gasteiger charge is -2.02. The zero-order valence-corrected chi connectivity index (χ0v) is 10.00. The van der Waals surface area contributed by atoms with Crippen molar-refractivity contribution in [2.75, 3.05) is 12.3 Å². The third kappa shape index (κ3) is 2.83. The van der Waals surface area contributed by atoms with Crippen LogP contribution < -0.4 is 10.5 Å². The second-order valence-corrected chi connectivity index (χ2v) is 4.94. The summed E-state index contributed by atoms with van der Waals surface area (Å²) in [5.41, 5.74) is 5.54. The van der Waals surface area contributed by atoms with Crippen molar-refractivity contribution in [1.82, 2.24) is 14.5 Å². The maximum absolute atomic E-state index is 11.8. The molecule has 1 aromatic heterocycles. The third-order valence-corrected chi connectivity index (χ3v) is 3.49. The van der Waals surface area contributed by atoms with E-state index in [0.29, 0.717) is 19.5 Å². The van der Waals surface area contributed by atoms with Gasteiger partial charge >= 0.3 is 0 Å². The summed E-state index contributed by atoms with van der Waals surface area (Å²) in [7, 11) is -3.56. The number of anilines is 1. The van der Waals surface area contributed by atoms with Crippen molar-refractivity contribution < 1.29 is 8.42 Å². The van der Waals surface area contributed by atoms with Gasteiger partial charge in [-0.05, 0) is 13.3 Å². The molecule has 0 saturated carbocycles. The first-order valence-electron chi connectivity index (χ1n) is 4.94. The highest BCUT2D eigenvalue weighted by Gasteiger charge is 2.19. The molecule has 16 heavy (non-hydrogen) atoms. The largest absolute Gasteiger partial charge is 0.381 e. The van der Waals surface area contributed by atoms with E-state index >= 15 is 0 Å². The van der Waals surface area contributed by atoms with Crippen LogP contribution in [0.2, 0.25) is 0 Å². The summed E-state index contributed by atoms with van der Waals surface area (Å²) >= 11 is 0. The second kappa shape index (κ2) is 5.13. The molecule has 0 atom stereocenters. The fourth-order valence-electron chi connectivity index (χ4n) is 1.16. The molecule has 0 saturated heterocycles. The summed E-state index contributed by atoms with van der Waals surface area (Å²) in [6, 6.07) is 0. The van der Waals surface area contributed by atoms with E-state index in [0.717, 1.165) is 0 Å². The molecule has 0 aliphatic carbocycles. The quantitative estimate of drug-likeness (QED) is 0.557. The Hall–Kier alpha value is -1.34. The molecule has 0 amide bonds. The standard InChI is InChI=1S/C9H16N4O2S/c1-3-5-6-11-16(14,15)8-7-13(4-2)12-9(8)10/h3,7,11H,1,4-6H2,2H3,(H2,10,12). The molecule has 7 heteroatoms. The molecule has 1 rings (SSSR count). The van der Waals surface area contributed by atoms with Crippen LogP contribution in [0, 0.1) is 0 Å². The number of nitrogens with one attached hydrogen (secondary N) is 1. The fourth-order valence-corrected chi connectivity index (χ4v) is 2.28. The van der Waals surface area contributed by atoms with Crippen molar-refractivity contribution in [1.29, 1.82) is 0 Å². The van der Waals surface area contributed by atoms with E-state index in [1.807, 2.05) is 6.92 Å². The first kappa shape index (κ1) is 12.7. The van der Waals surface area contributed by atoms with Crippen LogP contribution in [0.25, 0.3) is 0 Å². The molecule has 3 N–H and O–H groups in total. The monoisotopic (exact) mass is 244 g/mol. The van der Waals surface area contributed by atoms with Crippen molar-refractivity contribution in [2.24, 2.45) is 0 Å². The zero-order chi connectivity index (χ0) is 12.2. The lowest BCUT2D eigenvalue weighted by molar-refractivity contribution is 0.582. The summed E-state index contributed by atoms with van der Waals surface area (Å²) in [5, 5.41) is 3.88. The van der Waals surface area contributed by atoms with Crippen molar-refractivity contribution >= 4 is 15.8 Å². The Labute approximate surface area is 95.2 Å². The minimum Gasteiger partial charge on any atom is -0.381 e. The van der Waals surface area contributed by atoms with Gasteiger partial charge in [0.2, 0.25) is 10.0 Å². The second-order valence-electron chi connectivity index (χ2n) is 3.21. The van der Waals surface area contributed by atoms with Crippen LogP contribution in [0.4, 0.5) is 5.82 Å². The average Bonchev–Trinajstić information content (AvgIpc) is 2.60. The first-order chi connectivity index (χ1) is 7.51. The molecule has 0 spiro atoms. The highest BCUT2D eigenvalue weighted by atomic mass is 32.2. The van der Waals surface area contributed by atoms with E-state index in [-0.39, 0.29) is 10.7 Å². The molecule has 6 nitrogen and oxygen atoms in total. The third-order valence-electron chi connectivity index (χ3n) is 2.01. The number of nitrogen functional groups attached to an aromatic ring is 1. The summed E-state index contributed by atoms with van der Waals surface area (Å²) in [6.45, 7) is 6.25. The molecule has 1 heterocycles. The van der Waals surface area contributed by atoms with E-state index in [1.54, 1.807) is 6.08 Å². The highest BCUT2D eigenvalue weighted by molar-refractivity contribution is 7.89. The number of sulfonamides is 1. The summed E-state index contributed by atoms with van der Waals surface area (Å²) in [6.07, 6.45) is 3.63. The minimum absolute atomic E-state index is 0.0213. The van der Waals surface area contributed by atoms with Gasteiger partial charge in [-0.2, -0.15) is 5.10 Å². The van der Waals surface area contributed by atoms with Gasteiger partial charge in [0.05, 0.1) is 0 Å². The van der Waals surface area contributed by atoms with E-state index < -0.39 is 10.0 Å². The van der Waals surface area contributed by atoms with Crippen LogP contribution in [0.15, 0.2) is 23.7 Å². The van der Waals surface area contributed by atoms with Gasteiger partial charge in [0, 0.05) is 19.3 Å². The van der Waals surface area contributed by atoms with Crippen molar-refractivity contribution in [2.45, 2.75) is 24.8 Å². The van der Waals surface area contributed by atoms with Crippen molar-refractivity contribution in [3.8, 4) is 0 Å². The van der Waals surface area contributed by atoms with Crippen LogP contribution in [-0.4, -0.2) is 24.7 Å². The maximum atomic E-state index is 11.8. The van der Waals surface area contributed by atoms with E-state index in [4.69, 9.17) is 5.73 Å². The number of hydrogen-bond donors (Lipinski definition) is 2. The first-order valence-corrected chi connectivity index (χ1v) is 6.43. The topological polar surface area (TPSA) is 90.0 Å². The molecule has 90 valence electrons. The number of nitrogens with zero attached hydrogens (tertiary/aromatic N) is 2. The smallest absolute Gasteiger partial charge is 0.245 e. The number of nitrogens with two attached hydrogens (primary N) is 1. The number of rotatable bonds is 6. The molecule has 0 aliphatic heterocycles. The number of aromatic nitrogens is 2. The lowest BCUT2D eigenvalue weighted by Crippen LogP contribution is -2.24. The van der Waals surface area contributed by atoms with E-state index in [2.05, 4.69) is 16.4 Å². The van der Waals surface area contributed by atoms with Crippen LogP contribution >= 0.6 is 0 Å². The van der Waals surface area contributed by atoms with Crippen LogP contribution in [0.5, 0.6) is 0 Å². The summed E-state index contributed by atoms with van der Waals surface area (Å²) in [5.74, 6) is 0.0213. The summed E-state index contributed by atoms with van der Waals surface area (Å²) in [4.78, 5) is 0.0263. The normalized spacial score (nSPS) is 11.6. The molecule has 1 aromatic rings. The van der Waals surface area contributed by atoms with Crippen LogP contribution in [-0.2, 0) is 16.6 Å². The predicted molar refractivity (Wildman–Crippen MR) is 62.3 cm³/mol. The Kier molecular flexibility index (Phi) is 4.08. The van der Waals surface area contributed by atoms with Gasteiger partial charge < -0.3 is 5.73 Å². The fraction of sp³-hybridized carbons (Fsp3) is 0.444. The van der Waals surface area contributed by atoms with Gasteiger partial charge in [0.15, 0.2) is 5.82 Å². The maximum Gasteiger partial charge on any atom is 0.245 e. The predicted octanol–water partition coefficient (Wildman–Crippen LogP) is 0.340. The molecule has 0 radical (unpaired) electrons. The molecule has 0 unspecified atom stereocenters. The minimum atomic E-state index is -3.56. The lowest BCUT2D eigenvalue weighted by atomic mass is 10.4. The molecular formula is C9H16N4O2S. The zero-order valence-electron chi connectivity index (χ0n) is 9.18. The summed E-state index contributed by atoms with van der Waals surface area (Å²) < 4.78 is 27.5. The average molecular weight is 244 g/mol. The molecule has 0 bridgehead atoms. The Morgan fingerprint density at radius 1 is 1.69 bits per heavy atom. The Bertz CT molecular complexity index is 464. The van der Waals surface area contributed by atoms with E-state index in [9.17, 15) is 8.42 Å². The number of aryl methyl sites for hydroxylation is 1.